The molecule has 4 rings (SSSR count). The minimum Gasteiger partial charge on any atom is -0.508 e. The second-order valence-electron chi connectivity index (χ2n) is 8.03. The number of phenolic OH excluding ortho intramolecular Hbond substituents is 1. The molecule has 2 atom stereocenters. The lowest BCUT2D eigenvalue weighted by Gasteiger charge is -2.25. The van der Waals surface area contributed by atoms with Gasteiger partial charge in [-0.05, 0) is 35.9 Å². The number of nitrogens with one attached hydrogen (secondary N) is 1. The summed E-state index contributed by atoms with van der Waals surface area (Å²) in [6, 6.07) is 10.1. The molecule has 1 saturated heterocycles. The van der Waals surface area contributed by atoms with Gasteiger partial charge >= 0.3 is 0 Å². The van der Waals surface area contributed by atoms with Crippen LogP contribution in [0, 0.1) is 0 Å². The van der Waals surface area contributed by atoms with Gasteiger partial charge in [0.1, 0.15) is 35.6 Å². The smallest absolute Gasteiger partial charge is 0.221 e. The van der Waals surface area contributed by atoms with Crippen LogP contribution in [0.4, 0.5) is 5.69 Å². The zero-order valence-electron chi connectivity index (χ0n) is 16.7. The van der Waals surface area contributed by atoms with Crippen molar-refractivity contribution in [3.8, 4) is 17.2 Å². The van der Waals surface area contributed by atoms with Gasteiger partial charge in [0.15, 0.2) is 0 Å². The number of fused-ring (bicyclic) bond motifs is 1. The monoisotopic (exact) mass is 432 g/mol. The highest BCUT2D eigenvalue weighted by atomic mass is 35.5. The zero-order valence-corrected chi connectivity index (χ0v) is 17.5. The van der Waals surface area contributed by atoms with Gasteiger partial charge in [-0.15, -0.1) is 0 Å². The number of ether oxygens (including phenoxy) is 2. The first-order chi connectivity index (χ1) is 14.3. The van der Waals surface area contributed by atoms with Gasteiger partial charge in [-0.2, -0.15) is 0 Å². The highest BCUT2D eigenvalue weighted by Gasteiger charge is 2.45. The van der Waals surface area contributed by atoms with E-state index in [2.05, 4.69) is 10.2 Å². The van der Waals surface area contributed by atoms with E-state index >= 15 is 0 Å². The van der Waals surface area contributed by atoms with E-state index in [1.807, 2.05) is 18.2 Å². The zero-order chi connectivity index (χ0) is 21.3. The molecule has 0 radical (unpaired) electrons. The third-order valence-corrected chi connectivity index (χ3v) is 5.67. The van der Waals surface area contributed by atoms with Crippen LogP contribution >= 0.6 is 11.6 Å². The van der Waals surface area contributed by atoms with Crippen LogP contribution in [-0.4, -0.2) is 59.0 Å². The minimum absolute atomic E-state index is 0.0214. The number of hydrogen-bond donors (Lipinski definition) is 3. The lowest BCUT2D eigenvalue weighted by Crippen LogP contribution is -2.40. The Balaban J connectivity index is 1.31. The number of nitrogens with zero attached hydrogens (tertiary/aromatic N) is 1. The van der Waals surface area contributed by atoms with Gasteiger partial charge in [-0.1, -0.05) is 11.6 Å². The standard InChI is InChI=1S/C22H25ClN2O5/c1-14(26)24-19-4-3-17(27)9-21(19)29-12-18(28)11-25-7-6-22(13-25)10-15-8-16(23)2-5-20(15)30-22/h2-5,8-9,18,27-28H,6-7,10-13H2,1H3,(H,24,26)/t18-,22-/m0/s1. The number of hydrogen-bond acceptors (Lipinski definition) is 6. The van der Waals surface area contributed by atoms with Crippen LogP contribution in [-0.2, 0) is 11.2 Å². The number of aliphatic hydroxyl groups is 1. The van der Waals surface area contributed by atoms with Gasteiger partial charge in [0.2, 0.25) is 5.91 Å². The molecule has 2 aliphatic rings. The molecule has 0 bridgehead atoms. The molecule has 160 valence electrons. The number of rotatable bonds is 6. The second kappa shape index (κ2) is 8.34. The van der Waals surface area contributed by atoms with Crippen molar-refractivity contribution in [2.75, 3.05) is 31.6 Å². The number of anilines is 1. The first-order valence-electron chi connectivity index (χ1n) is 9.93. The number of halogens is 1. The van der Waals surface area contributed by atoms with Crippen LogP contribution in [0.15, 0.2) is 36.4 Å². The first-order valence-corrected chi connectivity index (χ1v) is 10.3. The average molecular weight is 433 g/mol. The number of aliphatic hydroxyl groups excluding tert-OH is 1. The van der Waals surface area contributed by atoms with E-state index < -0.39 is 6.10 Å². The summed E-state index contributed by atoms with van der Waals surface area (Å²) in [5.41, 5.74) is 1.31. The number of likely N-dealkylation sites (tertiary alicyclic amines) is 1. The van der Waals surface area contributed by atoms with E-state index in [0.717, 1.165) is 37.2 Å². The quantitative estimate of drug-likeness (QED) is 0.608. The number of aromatic hydroxyl groups is 1. The molecule has 2 aliphatic heterocycles. The van der Waals surface area contributed by atoms with Crippen molar-refractivity contribution in [1.29, 1.82) is 0 Å². The average Bonchev–Trinajstić information content (AvgIpc) is 3.23. The normalized spacial score (nSPS) is 21.3. The summed E-state index contributed by atoms with van der Waals surface area (Å²) in [6.07, 6.45) is 0.965. The van der Waals surface area contributed by atoms with Gasteiger partial charge in [-0.3, -0.25) is 9.69 Å². The molecular formula is C22H25ClN2O5. The van der Waals surface area contributed by atoms with Gasteiger partial charge in [0, 0.05) is 50.5 Å². The van der Waals surface area contributed by atoms with Crippen molar-refractivity contribution < 1.29 is 24.5 Å². The van der Waals surface area contributed by atoms with E-state index in [-0.39, 0.29) is 23.9 Å². The molecule has 2 aromatic rings. The van der Waals surface area contributed by atoms with E-state index in [0.29, 0.717) is 23.0 Å². The molecule has 7 nitrogen and oxygen atoms in total. The Labute approximate surface area is 180 Å². The SMILES string of the molecule is CC(=O)Nc1ccc(O)cc1OC[C@@H](O)CN1CC[C@]2(Cc3cc(Cl)ccc3O2)C1. The summed E-state index contributed by atoms with van der Waals surface area (Å²) in [7, 11) is 0. The summed E-state index contributed by atoms with van der Waals surface area (Å²) >= 11 is 6.10. The van der Waals surface area contributed by atoms with Crippen molar-refractivity contribution in [3.05, 3.63) is 47.0 Å². The van der Waals surface area contributed by atoms with Gasteiger partial charge < -0.3 is 25.0 Å². The van der Waals surface area contributed by atoms with Crippen LogP contribution in [0.1, 0.15) is 18.9 Å². The summed E-state index contributed by atoms with van der Waals surface area (Å²) in [5.74, 6) is 0.980. The fraction of sp³-hybridized carbons (Fsp3) is 0.409. The number of benzene rings is 2. The predicted molar refractivity (Wildman–Crippen MR) is 113 cm³/mol. The molecule has 0 aromatic heterocycles. The number of carbonyl (C=O) groups excluding carboxylic acids is 1. The van der Waals surface area contributed by atoms with Crippen LogP contribution in [0.2, 0.25) is 5.02 Å². The molecule has 2 heterocycles. The Kier molecular flexibility index (Phi) is 5.77. The molecule has 2 aromatic carbocycles. The first kappa shape index (κ1) is 20.8. The van der Waals surface area contributed by atoms with Crippen LogP contribution < -0.4 is 14.8 Å². The highest BCUT2D eigenvalue weighted by molar-refractivity contribution is 6.30. The summed E-state index contributed by atoms with van der Waals surface area (Å²) in [6.45, 7) is 3.42. The second-order valence-corrected chi connectivity index (χ2v) is 8.46. The van der Waals surface area contributed by atoms with Crippen molar-refractivity contribution in [1.82, 2.24) is 4.90 Å². The Bertz CT molecular complexity index is 953. The third-order valence-electron chi connectivity index (χ3n) is 5.43. The predicted octanol–water partition coefficient (Wildman–Crippen LogP) is 2.82. The van der Waals surface area contributed by atoms with E-state index in [4.69, 9.17) is 21.1 Å². The van der Waals surface area contributed by atoms with Crippen molar-refractivity contribution >= 4 is 23.2 Å². The van der Waals surface area contributed by atoms with Gasteiger partial charge in [0.25, 0.3) is 0 Å². The van der Waals surface area contributed by atoms with Crippen LogP contribution in [0.5, 0.6) is 17.2 Å². The van der Waals surface area contributed by atoms with Crippen LogP contribution in [0.3, 0.4) is 0 Å². The summed E-state index contributed by atoms with van der Waals surface area (Å²) in [5, 5.41) is 23.5. The third kappa shape index (κ3) is 4.64. The lowest BCUT2D eigenvalue weighted by molar-refractivity contribution is -0.114. The Hall–Kier alpha value is -2.48. The van der Waals surface area contributed by atoms with Gasteiger partial charge in [-0.25, -0.2) is 0 Å². The van der Waals surface area contributed by atoms with Crippen LogP contribution in [0.25, 0.3) is 0 Å². The number of β-amino-alcohol motifs (C(OH)–C–C–N with tert-alkyl or cyclic N) is 1. The summed E-state index contributed by atoms with van der Waals surface area (Å²) < 4.78 is 11.9. The molecule has 1 fully saturated rings. The maximum atomic E-state index is 11.3. The van der Waals surface area contributed by atoms with Crippen molar-refractivity contribution in [2.45, 2.75) is 31.5 Å². The van der Waals surface area contributed by atoms with E-state index in [9.17, 15) is 15.0 Å². The Morgan fingerprint density at radius 1 is 1.37 bits per heavy atom. The van der Waals surface area contributed by atoms with Gasteiger partial charge in [0.05, 0.1) is 5.69 Å². The molecule has 3 N–H and O–H groups in total. The maximum Gasteiger partial charge on any atom is 0.221 e. The number of carbonyl (C=O) groups is 1. The van der Waals surface area contributed by atoms with Crippen molar-refractivity contribution in [3.63, 3.8) is 0 Å². The fourth-order valence-corrected chi connectivity index (χ4v) is 4.37. The molecule has 8 heteroatoms. The molecule has 0 unspecified atom stereocenters. The summed E-state index contributed by atoms with van der Waals surface area (Å²) in [4.78, 5) is 13.5. The topological polar surface area (TPSA) is 91.3 Å². The highest BCUT2D eigenvalue weighted by Crippen LogP contribution is 2.41. The van der Waals surface area contributed by atoms with Crippen molar-refractivity contribution in [2.24, 2.45) is 0 Å². The maximum absolute atomic E-state index is 11.3. The van der Waals surface area contributed by atoms with E-state index in [1.54, 1.807) is 6.07 Å². The fourth-order valence-electron chi connectivity index (χ4n) is 4.17. The Morgan fingerprint density at radius 3 is 3.00 bits per heavy atom. The molecule has 1 spiro atoms. The molecular weight excluding hydrogens is 408 g/mol. The molecule has 0 aliphatic carbocycles. The number of amides is 1. The molecule has 1 amide bonds. The Morgan fingerprint density at radius 2 is 2.20 bits per heavy atom. The lowest BCUT2D eigenvalue weighted by atomic mass is 9.96. The number of phenols is 1. The minimum atomic E-state index is -0.731. The molecule has 0 saturated carbocycles. The molecule has 30 heavy (non-hydrogen) atoms. The van der Waals surface area contributed by atoms with E-state index in [1.165, 1.54) is 19.1 Å². The largest absolute Gasteiger partial charge is 0.508 e.